The molecule has 0 aromatic carbocycles. The third kappa shape index (κ3) is 4.34. The molecule has 2 aliphatic rings. The number of fused-ring (bicyclic) bond motifs is 4. The molecular formula is C22H24F3N7. The van der Waals surface area contributed by atoms with Crippen LogP contribution in [0.2, 0.25) is 0 Å². The maximum absolute atomic E-state index is 12.6. The summed E-state index contributed by atoms with van der Waals surface area (Å²) in [6, 6.07) is 7.25. The molecule has 4 heterocycles. The highest BCUT2D eigenvalue weighted by Crippen LogP contribution is 2.41. The van der Waals surface area contributed by atoms with E-state index in [-0.39, 0.29) is 11.7 Å². The molecule has 168 valence electrons. The molecule has 10 heteroatoms. The molecule has 4 N–H and O–H groups in total. The highest BCUT2D eigenvalue weighted by Gasteiger charge is 2.38. The van der Waals surface area contributed by atoms with Crippen molar-refractivity contribution in [3.05, 3.63) is 67.3 Å². The zero-order valence-electron chi connectivity index (χ0n) is 17.4. The number of pyridine rings is 2. The lowest BCUT2D eigenvalue weighted by Gasteiger charge is -2.38. The molecule has 2 aromatic heterocycles. The Morgan fingerprint density at radius 3 is 2.62 bits per heavy atom. The first kappa shape index (κ1) is 21.5. The Morgan fingerprint density at radius 1 is 1.19 bits per heavy atom. The van der Waals surface area contributed by atoms with Gasteiger partial charge in [0.25, 0.3) is 0 Å². The predicted octanol–water partition coefficient (Wildman–Crippen LogP) is 3.51. The molecule has 0 amide bonds. The van der Waals surface area contributed by atoms with Gasteiger partial charge in [0.2, 0.25) is 0 Å². The van der Waals surface area contributed by atoms with Crippen molar-refractivity contribution in [3.63, 3.8) is 0 Å². The number of nitrogens with one attached hydrogen (secondary N) is 2. The van der Waals surface area contributed by atoms with Gasteiger partial charge in [-0.2, -0.15) is 13.2 Å². The van der Waals surface area contributed by atoms with Gasteiger partial charge in [0.1, 0.15) is 18.2 Å². The van der Waals surface area contributed by atoms with Crippen LogP contribution in [0.4, 0.5) is 30.5 Å². The SMILES string of the molecule is C=C(N)c1ccc(NC(=C)N2c3nc(C(=C)NCC(F)(F)F)ccc3N3CCC2C3)nc1. The second-order valence-electron chi connectivity index (χ2n) is 7.77. The molecule has 1 unspecified atom stereocenters. The fraction of sp³-hybridized carbons (Fsp3) is 0.273. The first-order valence-corrected chi connectivity index (χ1v) is 10.0. The quantitative estimate of drug-likeness (QED) is 0.604. The molecule has 0 radical (unpaired) electrons. The Kier molecular flexibility index (Phi) is 5.45. The maximum atomic E-state index is 12.6. The van der Waals surface area contributed by atoms with E-state index in [1.807, 2.05) is 11.0 Å². The second-order valence-corrected chi connectivity index (χ2v) is 7.77. The van der Waals surface area contributed by atoms with Crippen molar-refractivity contribution in [3.8, 4) is 0 Å². The van der Waals surface area contributed by atoms with Gasteiger partial charge in [0, 0.05) is 30.5 Å². The summed E-state index contributed by atoms with van der Waals surface area (Å²) in [6.07, 6.45) is -1.82. The summed E-state index contributed by atoms with van der Waals surface area (Å²) < 4.78 is 37.8. The zero-order valence-corrected chi connectivity index (χ0v) is 17.4. The largest absolute Gasteiger partial charge is 0.405 e. The first-order chi connectivity index (χ1) is 15.1. The summed E-state index contributed by atoms with van der Waals surface area (Å²) in [7, 11) is 0. The molecule has 0 spiro atoms. The van der Waals surface area contributed by atoms with Crippen molar-refractivity contribution in [2.75, 3.05) is 34.8 Å². The van der Waals surface area contributed by atoms with Gasteiger partial charge in [0.15, 0.2) is 5.82 Å². The van der Waals surface area contributed by atoms with E-state index >= 15 is 0 Å². The van der Waals surface area contributed by atoms with Crippen molar-refractivity contribution in [2.45, 2.75) is 18.6 Å². The van der Waals surface area contributed by atoms with E-state index in [1.54, 1.807) is 24.4 Å². The minimum absolute atomic E-state index is 0.107. The Bertz CT molecular complexity index is 1060. The van der Waals surface area contributed by atoms with Gasteiger partial charge in [-0.3, -0.25) is 0 Å². The number of nitrogens with zero attached hydrogens (tertiary/aromatic N) is 4. The van der Waals surface area contributed by atoms with Crippen LogP contribution in [0.1, 0.15) is 17.7 Å². The molecule has 2 aromatic rings. The van der Waals surface area contributed by atoms with Crippen LogP contribution >= 0.6 is 0 Å². The number of aromatic nitrogens is 2. The number of hydrogen-bond acceptors (Lipinski definition) is 7. The molecule has 1 saturated heterocycles. The lowest BCUT2D eigenvalue weighted by atomic mass is 10.1. The summed E-state index contributed by atoms with van der Waals surface area (Å²) in [5.74, 6) is 1.77. The van der Waals surface area contributed by atoms with E-state index in [1.165, 1.54) is 0 Å². The van der Waals surface area contributed by atoms with Crippen LogP contribution in [0.5, 0.6) is 0 Å². The summed E-state index contributed by atoms with van der Waals surface area (Å²) in [5.41, 5.74) is 8.20. The molecule has 7 nitrogen and oxygen atoms in total. The number of alkyl halides is 3. The Hall–Kier alpha value is -3.69. The molecule has 2 bridgehead atoms. The topological polar surface area (TPSA) is 82.3 Å². The van der Waals surface area contributed by atoms with Crippen molar-refractivity contribution in [1.82, 2.24) is 15.3 Å². The van der Waals surface area contributed by atoms with E-state index in [9.17, 15) is 13.2 Å². The summed E-state index contributed by atoms with van der Waals surface area (Å²) in [4.78, 5) is 13.2. The van der Waals surface area contributed by atoms with Gasteiger partial charge >= 0.3 is 6.18 Å². The zero-order chi connectivity index (χ0) is 23.0. The van der Waals surface area contributed by atoms with Gasteiger partial charge < -0.3 is 26.2 Å². The van der Waals surface area contributed by atoms with Gasteiger partial charge in [-0.1, -0.05) is 19.7 Å². The van der Waals surface area contributed by atoms with Gasteiger partial charge in [-0.15, -0.1) is 0 Å². The lowest BCUT2D eigenvalue weighted by Crippen LogP contribution is -2.43. The van der Waals surface area contributed by atoms with Crippen LogP contribution in [0.25, 0.3) is 11.4 Å². The number of halogens is 3. The normalized spacial score (nSPS) is 17.0. The third-order valence-electron chi connectivity index (χ3n) is 5.46. The summed E-state index contributed by atoms with van der Waals surface area (Å²) in [6.45, 7) is 12.1. The van der Waals surface area contributed by atoms with E-state index in [0.717, 1.165) is 30.8 Å². The van der Waals surface area contributed by atoms with Crippen LogP contribution in [0.15, 0.2) is 56.0 Å². The van der Waals surface area contributed by atoms with Crippen molar-refractivity contribution in [1.29, 1.82) is 0 Å². The molecule has 0 aliphatic carbocycles. The molecule has 0 saturated carbocycles. The highest BCUT2D eigenvalue weighted by atomic mass is 19.4. The maximum Gasteiger partial charge on any atom is 0.405 e. The smallest absolute Gasteiger partial charge is 0.399 e. The number of hydrogen-bond donors (Lipinski definition) is 3. The van der Waals surface area contributed by atoms with Gasteiger partial charge in [-0.05, 0) is 30.7 Å². The van der Waals surface area contributed by atoms with Gasteiger partial charge in [0.05, 0.1) is 23.1 Å². The van der Waals surface area contributed by atoms with Crippen LogP contribution in [0.3, 0.4) is 0 Å². The minimum Gasteiger partial charge on any atom is -0.399 e. The minimum atomic E-state index is -4.34. The van der Waals surface area contributed by atoms with E-state index < -0.39 is 12.7 Å². The number of nitrogens with two attached hydrogens (primary N) is 1. The van der Waals surface area contributed by atoms with E-state index in [2.05, 4.69) is 45.2 Å². The molecule has 1 atom stereocenters. The van der Waals surface area contributed by atoms with Crippen LogP contribution in [0, 0.1) is 0 Å². The molecular weight excluding hydrogens is 419 g/mol. The Morgan fingerprint density at radius 2 is 1.97 bits per heavy atom. The number of rotatable bonds is 7. The van der Waals surface area contributed by atoms with Crippen molar-refractivity contribution in [2.24, 2.45) is 5.73 Å². The van der Waals surface area contributed by atoms with E-state index in [4.69, 9.17) is 5.73 Å². The predicted molar refractivity (Wildman–Crippen MR) is 121 cm³/mol. The lowest BCUT2D eigenvalue weighted by molar-refractivity contribution is -0.122. The standard InChI is InChI=1S/C22H24F3N7/c1-13(26)16-4-7-20(27-10-16)29-15(3)32-17-8-9-31(11-17)19-6-5-18(30-21(19)32)14(2)28-12-22(23,24)25/h4-7,10,17,28H,1-3,8-9,11-12,26H2,(H,27,29). The summed E-state index contributed by atoms with van der Waals surface area (Å²) in [5, 5.41) is 5.50. The Labute approximate surface area is 184 Å². The average molecular weight is 443 g/mol. The van der Waals surface area contributed by atoms with Crippen LogP contribution in [-0.4, -0.2) is 41.8 Å². The Balaban J connectivity index is 1.59. The first-order valence-electron chi connectivity index (χ1n) is 10.0. The average Bonchev–Trinajstić information content (AvgIpc) is 3.15. The third-order valence-corrected chi connectivity index (χ3v) is 5.46. The fourth-order valence-corrected chi connectivity index (χ4v) is 3.89. The van der Waals surface area contributed by atoms with Crippen LogP contribution in [-0.2, 0) is 0 Å². The molecule has 2 aliphatic heterocycles. The highest BCUT2D eigenvalue weighted by molar-refractivity contribution is 5.77. The molecule has 1 fully saturated rings. The summed E-state index contributed by atoms with van der Waals surface area (Å²) >= 11 is 0. The van der Waals surface area contributed by atoms with E-state index in [0.29, 0.717) is 28.8 Å². The molecule has 4 rings (SSSR count). The monoisotopic (exact) mass is 443 g/mol. The van der Waals surface area contributed by atoms with Gasteiger partial charge in [-0.25, -0.2) is 9.97 Å². The van der Waals surface area contributed by atoms with Crippen molar-refractivity contribution >= 4 is 28.7 Å². The number of anilines is 3. The fourth-order valence-electron chi connectivity index (χ4n) is 3.89. The van der Waals surface area contributed by atoms with Crippen molar-refractivity contribution < 1.29 is 13.2 Å². The van der Waals surface area contributed by atoms with Crippen LogP contribution < -0.4 is 26.2 Å². The molecule has 32 heavy (non-hydrogen) atoms. The second kappa shape index (κ2) is 8.10.